The molecule has 1 aliphatic carbocycles. The lowest BCUT2D eigenvalue weighted by Gasteiger charge is -2.27. The number of nitrogens with zero attached hydrogens (tertiary/aromatic N) is 1. The van der Waals surface area contributed by atoms with E-state index in [0.717, 1.165) is 10.7 Å². The van der Waals surface area contributed by atoms with Crippen LogP contribution in [0.2, 0.25) is 0 Å². The van der Waals surface area contributed by atoms with Crippen molar-refractivity contribution in [2.45, 2.75) is 70.9 Å². The molecule has 1 aromatic rings. The Morgan fingerprint density at radius 2 is 1.95 bits per heavy atom. The fourth-order valence-corrected chi connectivity index (χ4v) is 4.47. The molecule has 0 radical (unpaired) electrons. The first-order valence-electron chi connectivity index (χ1n) is 7.70. The zero-order chi connectivity index (χ0) is 14.8. The summed E-state index contributed by atoms with van der Waals surface area (Å²) in [6, 6.07) is 0. The number of aromatic nitrogens is 1. The Labute approximate surface area is 126 Å². The molecule has 20 heavy (non-hydrogen) atoms. The van der Waals surface area contributed by atoms with Crippen LogP contribution >= 0.6 is 11.3 Å². The zero-order valence-electron chi connectivity index (χ0n) is 13.2. The predicted octanol–water partition coefficient (Wildman–Crippen LogP) is 4.17. The topological polar surface area (TPSA) is 48.1 Å². The first-order chi connectivity index (χ1) is 9.47. The average molecular weight is 296 g/mol. The van der Waals surface area contributed by atoms with E-state index in [1.165, 1.54) is 37.0 Å². The Balaban J connectivity index is 2.28. The van der Waals surface area contributed by atoms with E-state index in [2.05, 4.69) is 20.8 Å². The molecule has 1 heterocycles. The minimum absolute atomic E-state index is 0.0499. The van der Waals surface area contributed by atoms with Crippen LogP contribution < -0.4 is 5.73 Å². The third-order valence-corrected chi connectivity index (χ3v) is 5.32. The highest BCUT2D eigenvalue weighted by atomic mass is 32.1. The van der Waals surface area contributed by atoms with E-state index in [-0.39, 0.29) is 11.5 Å². The van der Waals surface area contributed by atoms with Crippen molar-refractivity contribution in [1.29, 1.82) is 0 Å². The molecule has 0 amide bonds. The standard InChI is InChI=1S/C16H28N2OS/c1-16(2,3)14-12(10-17)20-15(18-14)13(19-4)11-8-6-5-7-9-11/h11,13H,5-10,17H2,1-4H3. The molecule has 1 aliphatic rings. The Kier molecular flexibility index (Phi) is 5.21. The molecule has 0 spiro atoms. The molecule has 0 aromatic carbocycles. The summed E-state index contributed by atoms with van der Waals surface area (Å²) in [5, 5.41) is 1.13. The van der Waals surface area contributed by atoms with Crippen molar-refractivity contribution in [1.82, 2.24) is 4.98 Å². The van der Waals surface area contributed by atoms with E-state index in [9.17, 15) is 0 Å². The van der Waals surface area contributed by atoms with Gasteiger partial charge in [0, 0.05) is 23.9 Å². The van der Waals surface area contributed by atoms with Gasteiger partial charge in [-0.15, -0.1) is 11.3 Å². The summed E-state index contributed by atoms with van der Waals surface area (Å²) in [4.78, 5) is 6.13. The summed E-state index contributed by atoms with van der Waals surface area (Å²) < 4.78 is 5.81. The van der Waals surface area contributed by atoms with Crippen LogP contribution in [0.1, 0.15) is 74.6 Å². The Morgan fingerprint density at radius 1 is 1.30 bits per heavy atom. The van der Waals surface area contributed by atoms with Crippen molar-refractivity contribution in [2.24, 2.45) is 11.7 Å². The maximum Gasteiger partial charge on any atom is 0.122 e. The number of methoxy groups -OCH3 is 1. The molecule has 2 rings (SSSR count). The predicted molar refractivity (Wildman–Crippen MR) is 85.0 cm³/mol. The largest absolute Gasteiger partial charge is 0.374 e. The van der Waals surface area contributed by atoms with Gasteiger partial charge in [-0.1, -0.05) is 40.0 Å². The summed E-state index contributed by atoms with van der Waals surface area (Å²) in [6.45, 7) is 7.18. The molecular formula is C16H28N2OS. The lowest BCUT2D eigenvalue weighted by Crippen LogP contribution is -2.19. The van der Waals surface area contributed by atoms with E-state index < -0.39 is 0 Å². The number of ether oxygens (including phenoxy) is 1. The Hall–Kier alpha value is -0.450. The number of thiazole rings is 1. The molecule has 1 unspecified atom stereocenters. The normalized spacial score (nSPS) is 19.2. The molecule has 1 saturated carbocycles. The molecule has 0 aliphatic heterocycles. The van der Waals surface area contributed by atoms with Gasteiger partial charge >= 0.3 is 0 Å². The van der Waals surface area contributed by atoms with Gasteiger partial charge in [0.25, 0.3) is 0 Å². The van der Waals surface area contributed by atoms with Crippen molar-refractivity contribution >= 4 is 11.3 Å². The first-order valence-corrected chi connectivity index (χ1v) is 8.52. The third-order valence-electron chi connectivity index (χ3n) is 4.19. The lowest BCUT2D eigenvalue weighted by molar-refractivity contribution is 0.0350. The van der Waals surface area contributed by atoms with Crippen LogP contribution in [0.4, 0.5) is 0 Å². The SMILES string of the molecule is COC(c1nc(C(C)(C)C)c(CN)s1)C1CCCCC1. The molecule has 0 bridgehead atoms. The highest BCUT2D eigenvalue weighted by Gasteiger charge is 2.30. The maximum absolute atomic E-state index is 5.91. The zero-order valence-corrected chi connectivity index (χ0v) is 14.1. The third kappa shape index (κ3) is 3.41. The monoisotopic (exact) mass is 296 g/mol. The second kappa shape index (κ2) is 6.54. The molecule has 0 saturated heterocycles. The molecule has 1 fully saturated rings. The smallest absolute Gasteiger partial charge is 0.122 e. The number of hydrogen-bond donors (Lipinski definition) is 1. The average Bonchev–Trinajstić information content (AvgIpc) is 2.85. The molecule has 2 N–H and O–H groups in total. The van der Waals surface area contributed by atoms with Crippen LogP contribution in [-0.2, 0) is 16.7 Å². The summed E-state index contributed by atoms with van der Waals surface area (Å²) in [6.07, 6.45) is 6.70. The minimum Gasteiger partial charge on any atom is -0.374 e. The van der Waals surface area contributed by atoms with E-state index in [1.807, 2.05) is 7.11 Å². The number of nitrogens with two attached hydrogens (primary N) is 1. The van der Waals surface area contributed by atoms with Crippen LogP contribution in [0.25, 0.3) is 0 Å². The van der Waals surface area contributed by atoms with Crippen molar-refractivity contribution < 1.29 is 4.74 Å². The van der Waals surface area contributed by atoms with E-state index in [4.69, 9.17) is 15.5 Å². The van der Waals surface area contributed by atoms with Crippen molar-refractivity contribution in [2.75, 3.05) is 7.11 Å². The van der Waals surface area contributed by atoms with Gasteiger partial charge in [0.15, 0.2) is 0 Å². The van der Waals surface area contributed by atoms with Gasteiger partial charge in [-0.25, -0.2) is 4.98 Å². The van der Waals surface area contributed by atoms with E-state index >= 15 is 0 Å². The maximum atomic E-state index is 5.91. The molecular weight excluding hydrogens is 268 g/mol. The molecule has 114 valence electrons. The van der Waals surface area contributed by atoms with Crippen molar-refractivity contribution in [3.05, 3.63) is 15.6 Å². The quantitative estimate of drug-likeness (QED) is 0.907. The fraction of sp³-hybridized carbons (Fsp3) is 0.812. The summed E-state index contributed by atoms with van der Waals surface area (Å²) in [5.74, 6) is 0.623. The minimum atomic E-state index is 0.0499. The lowest BCUT2D eigenvalue weighted by atomic mass is 9.85. The van der Waals surface area contributed by atoms with Gasteiger partial charge in [-0.3, -0.25) is 0 Å². The van der Waals surface area contributed by atoms with Crippen LogP contribution in [0.15, 0.2) is 0 Å². The molecule has 1 atom stereocenters. The van der Waals surface area contributed by atoms with Crippen molar-refractivity contribution in [3.63, 3.8) is 0 Å². The summed E-state index contributed by atoms with van der Waals surface area (Å²) in [5.41, 5.74) is 7.11. The second-order valence-corrected chi connectivity index (χ2v) is 7.95. The van der Waals surface area contributed by atoms with Crippen LogP contribution in [0, 0.1) is 5.92 Å². The van der Waals surface area contributed by atoms with E-state index in [0.29, 0.717) is 12.5 Å². The van der Waals surface area contributed by atoms with Crippen LogP contribution in [0.3, 0.4) is 0 Å². The molecule has 3 nitrogen and oxygen atoms in total. The molecule has 1 aromatic heterocycles. The second-order valence-electron chi connectivity index (χ2n) is 6.83. The van der Waals surface area contributed by atoms with Crippen LogP contribution in [-0.4, -0.2) is 12.1 Å². The van der Waals surface area contributed by atoms with Crippen molar-refractivity contribution in [3.8, 4) is 0 Å². The summed E-state index contributed by atoms with van der Waals surface area (Å²) >= 11 is 1.75. The highest BCUT2D eigenvalue weighted by Crippen LogP contribution is 2.40. The Bertz CT molecular complexity index is 430. The van der Waals surface area contributed by atoms with Crippen LogP contribution in [0.5, 0.6) is 0 Å². The Morgan fingerprint density at radius 3 is 2.40 bits per heavy atom. The van der Waals surface area contributed by atoms with Gasteiger partial charge in [-0.2, -0.15) is 0 Å². The van der Waals surface area contributed by atoms with Gasteiger partial charge in [-0.05, 0) is 18.8 Å². The van der Waals surface area contributed by atoms with Gasteiger partial charge in [0.05, 0.1) is 5.69 Å². The molecule has 4 heteroatoms. The van der Waals surface area contributed by atoms with Gasteiger partial charge in [0.1, 0.15) is 11.1 Å². The number of rotatable bonds is 4. The fourth-order valence-electron chi connectivity index (χ4n) is 3.15. The van der Waals surface area contributed by atoms with E-state index in [1.54, 1.807) is 11.3 Å². The van der Waals surface area contributed by atoms with Gasteiger partial charge in [0.2, 0.25) is 0 Å². The summed E-state index contributed by atoms with van der Waals surface area (Å²) in [7, 11) is 1.82. The highest BCUT2D eigenvalue weighted by molar-refractivity contribution is 7.11. The first kappa shape index (κ1) is 15.9. The number of hydrogen-bond acceptors (Lipinski definition) is 4. The van der Waals surface area contributed by atoms with Gasteiger partial charge < -0.3 is 10.5 Å².